The van der Waals surface area contributed by atoms with E-state index in [1.54, 1.807) is 0 Å². The summed E-state index contributed by atoms with van der Waals surface area (Å²) in [7, 11) is 0. The maximum Gasteiger partial charge on any atom is 0.234 e. The van der Waals surface area contributed by atoms with Crippen LogP contribution in [0.15, 0.2) is 53.7 Å². The lowest BCUT2D eigenvalue weighted by molar-refractivity contribution is -0.113. The van der Waals surface area contributed by atoms with Crippen LogP contribution < -0.4 is 10.1 Å². The molecule has 7 heteroatoms. The summed E-state index contributed by atoms with van der Waals surface area (Å²) in [6, 6.07) is 15.9. The Morgan fingerprint density at radius 2 is 1.94 bits per heavy atom. The van der Waals surface area contributed by atoms with Gasteiger partial charge in [-0.05, 0) is 54.7 Å². The molecule has 1 N–H and O–H groups in total. The van der Waals surface area contributed by atoms with Crippen molar-refractivity contribution in [1.29, 1.82) is 0 Å². The molecule has 0 bridgehead atoms. The van der Waals surface area contributed by atoms with Crippen molar-refractivity contribution in [3.63, 3.8) is 0 Å². The van der Waals surface area contributed by atoms with Gasteiger partial charge in [-0.1, -0.05) is 56.8 Å². The number of carbonyl (C=O) groups is 1. The summed E-state index contributed by atoms with van der Waals surface area (Å²) in [6.45, 7) is 9.52. The molecule has 0 saturated heterocycles. The second kappa shape index (κ2) is 11.0. The molecule has 3 rings (SSSR count). The van der Waals surface area contributed by atoms with E-state index in [1.807, 2.05) is 43.3 Å². The number of hydrogen-bond acceptors (Lipinski definition) is 5. The maximum atomic E-state index is 12.4. The van der Waals surface area contributed by atoms with Gasteiger partial charge >= 0.3 is 0 Å². The van der Waals surface area contributed by atoms with Crippen LogP contribution in [0.4, 0.5) is 5.69 Å². The zero-order valence-corrected chi connectivity index (χ0v) is 19.4. The van der Waals surface area contributed by atoms with Crippen LogP contribution in [0.25, 0.3) is 0 Å². The molecule has 3 aromatic rings. The Morgan fingerprint density at radius 1 is 1.16 bits per heavy atom. The first kappa shape index (κ1) is 22.9. The number of ether oxygens (including phenoxy) is 1. The molecule has 0 spiro atoms. The average molecular weight is 439 g/mol. The maximum absolute atomic E-state index is 12.4. The highest BCUT2D eigenvalue weighted by Gasteiger charge is 2.16. The Labute approximate surface area is 188 Å². The van der Waals surface area contributed by atoms with E-state index in [2.05, 4.69) is 53.0 Å². The SMILES string of the molecule is CCc1ccc(OCc2nnc(SCC(=O)Nc3cccc(C)c3)n2CC(C)C)cc1. The molecule has 1 aromatic heterocycles. The topological polar surface area (TPSA) is 69.0 Å². The van der Waals surface area contributed by atoms with Crippen LogP contribution >= 0.6 is 11.8 Å². The molecule has 0 aliphatic rings. The third-order valence-corrected chi connectivity index (χ3v) is 5.64. The number of thioether (sulfide) groups is 1. The molecule has 164 valence electrons. The van der Waals surface area contributed by atoms with Gasteiger partial charge in [-0.2, -0.15) is 0 Å². The molecule has 0 aliphatic carbocycles. The molecule has 1 amide bonds. The van der Waals surface area contributed by atoms with Gasteiger partial charge in [0.05, 0.1) is 5.75 Å². The summed E-state index contributed by atoms with van der Waals surface area (Å²) in [5.41, 5.74) is 3.19. The molecule has 31 heavy (non-hydrogen) atoms. The van der Waals surface area contributed by atoms with Gasteiger partial charge in [0.2, 0.25) is 5.91 Å². The summed E-state index contributed by atoms with van der Waals surface area (Å²) < 4.78 is 7.98. The number of hydrogen-bond donors (Lipinski definition) is 1. The fourth-order valence-electron chi connectivity index (χ4n) is 3.10. The molecule has 0 saturated carbocycles. The van der Waals surface area contributed by atoms with Crippen molar-refractivity contribution < 1.29 is 9.53 Å². The number of nitrogens with one attached hydrogen (secondary N) is 1. The summed E-state index contributed by atoms with van der Waals surface area (Å²) in [5.74, 6) is 2.18. The predicted molar refractivity (Wildman–Crippen MR) is 126 cm³/mol. The molecular weight excluding hydrogens is 408 g/mol. The monoisotopic (exact) mass is 438 g/mol. The van der Waals surface area contributed by atoms with E-state index in [0.29, 0.717) is 12.5 Å². The first-order valence-corrected chi connectivity index (χ1v) is 11.6. The Kier molecular flexibility index (Phi) is 8.12. The van der Waals surface area contributed by atoms with Gasteiger partial charge in [-0.25, -0.2) is 0 Å². The highest BCUT2D eigenvalue weighted by molar-refractivity contribution is 7.99. The zero-order valence-electron chi connectivity index (χ0n) is 18.6. The lowest BCUT2D eigenvalue weighted by Gasteiger charge is -2.13. The van der Waals surface area contributed by atoms with Gasteiger partial charge in [-0.15, -0.1) is 10.2 Å². The number of aryl methyl sites for hydroxylation is 2. The van der Waals surface area contributed by atoms with E-state index in [4.69, 9.17) is 4.74 Å². The fourth-order valence-corrected chi connectivity index (χ4v) is 3.87. The number of nitrogens with zero attached hydrogens (tertiary/aromatic N) is 3. The first-order valence-electron chi connectivity index (χ1n) is 10.6. The van der Waals surface area contributed by atoms with Crippen molar-refractivity contribution in [2.45, 2.75) is 52.4 Å². The van der Waals surface area contributed by atoms with Gasteiger partial charge in [0.15, 0.2) is 11.0 Å². The molecule has 2 aromatic carbocycles. The lowest BCUT2D eigenvalue weighted by atomic mass is 10.2. The van der Waals surface area contributed by atoms with E-state index in [-0.39, 0.29) is 11.7 Å². The number of carbonyl (C=O) groups excluding carboxylic acids is 1. The van der Waals surface area contributed by atoms with Gasteiger partial charge in [-0.3, -0.25) is 4.79 Å². The minimum Gasteiger partial charge on any atom is -0.486 e. The Morgan fingerprint density at radius 3 is 2.61 bits per heavy atom. The lowest BCUT2D eigenvalue weighted by Crippen LogP contribution is -2.16. The summed E-state index contributed by atoms with van der Waals surface area (Å²) in [4.78, 5) is 12.4. The number of rotatable bonds is 10. The van der Waals surface area contributed by atoms with Crippen LogP contribution in [0.5, 0.6) is 5.75 Å². The highest BCUT2D eigenvalue weighted by atomic mass is 32.2. The molecule has 1 heterocycles. The van der Waals surface area contributed by atoms with Crippen molar-refractivity contribution in [3.05, 3.63) is 65.5 Å². The highest BCUT2D eigenvalue weighted by Crippen LogP contribution is 2.21. The second-order valence-corrected chi connectivity index (χ2v) is 8.84. The van der Waals surface area contributed by atoms with Gasteiger partial charge in [0, 0.05) is 12.2 Å². The zero-order chi connectivity index (χ0) is 22.2. The van der Waals surface area contributed by atoms with Crippen molar-refractivity contribution in [2.24, 2.45) is 5.92 Å². The molecule has 0 atom stereocenters. The third-order valence-electron chi connectivity index (χ3n) is 4.67. The van der Waals surface area contributed by atoms with Crippen LogP contribution in [0.2, 0.25) is 0 Å². The van der Waals surface area contributed by atoms with Gasteiger partial charge < -0.3 is 14.6 Å². The average Bonchev–Trinajstić information content (AvgIpc) is 3.12. The fraction of sp³-hybridized carbons (Fsp3) is 0.375. The predicted octanol–water partition coefficient (Wildman–Crippen LogP) is 5.11. The van der Waals surface area contributed by atoms with E-state index >= 15 is 0 Å². The standard InChI is InChI=1S/C24H30N4O2S/c1-5-19-9-11-21(12-10-19)30-15-22-26-27-24(28(22)14-17(2)3)31-16-23(29)25-20-8-6-7-18(4)13-20/h6-13,17H,5,14-16H2,1-4H3,(H,25,29). The second-order valence-electron chi connectivity index (χ2n) is 7.90. The third kappa shape index (κ3) is 6.85. The van der Waals surface area contributed by atoms with E-state index < -0.39 is 0 Å². The minimum absolute atomic E-state index is 0.0662. The van der Waals surface area contributed by atoms with Crippen molar-refractivity contribution in [3.8, 4) is 5.75 Å². The van der Waals surface area contributed by atoms with Crippen LogP contribution in [0.3, 0.4) is 0 Å². The van der Waals surface area contributed by atoms with E-state index in [1.165, 1.54) is 17.3 Å². The molecule has 0 radical (unpaired) electrons. The van der Waals surface area contributed by atoms with Crippen molar-refractivity contribution >= 4 is 23.4 Å². The normalized spacial score (nSPS) is 11.0. The van der Waals surface area contributed by atoms with E-state index in [0.717, 1.165) is 40.9 Å². The number of amides is 1. The quantitative estimate of drug-likeness (QED) is 0.445. The first-order chi connectivity index (χ1) is 14.9. The number of benzene rings is 2. The summed E-state index contributed by atoms with van der Waals surface area (Å²) in [5, 5.41) is 12.3. The summed E-state index contributed by atoms with van der Waals surface area (Å²) >= 11 is 1.39. The molecule has 0 fully saturated rings. The largest absolute Gasteiger partial charge is 0.486 e. The molecule has 0 aliphatic heterocycles. The van der Waals surface area contributed by atoms with Crippen LogP contribution in [0.1, 0.15) is 37.7 Å². The number of anilines is 1. The molecule has 6 nitrogen and oxygen atoms in total. The van der Waals surface area contributed by atoms with Crippen molar-refractivity contribution in [2.75, 3.05) is 11.1 Å². The van der Waals surface area contributed by atoms with E-state index in [9.17, 15) is 4.79 Å². The molecule has 0 unspecified atom stereocenters. The Bertz CT molecular complexity index is 999. The number of aromatic nitrogens is 3. The van der Waals surface area contributed by atoms with Crippen LogP contribution in [-0.4, -0.2) is 26.4 Å². The van der Waals surface area contributed by atoms with Gasteiger partial charge in [0.25, 0.3) is 0 Å². The minimum atomic E-state index is -0.0662. The van der Waals surface area contributed by atoms with Crippen molar-refractivity contribution in [1.82, 2.24) is 14.8 Å². The van der Waals surface area contributed by atoms with Gasteiger partial charge in [0.1, 0.15) is 12.4 Å². The Balaban J connectivity index is 1.63. The molecular formula is C24H30N4O2S. The Hall–Kier alpha value is -2.80. The van der Waals surface area contributed by atoms with Crippen LogP contribution in [0, 0.1) is 12.8 Å². The van der Waals surface area contributed by atoms with Crippen LogP contribution in [-0.2, 0) is 24.4 Å². The summed E-state index contributed by atoms with van der Waals surface area (Å²) in [6.07, 6.45) is 1.00. The smallest absolute Gasteiger partial charge is 0.234 e.